The lowest BCUT2D eigenvalue weighted by molar-refractivity contribution is -0.145. The third-order valence-electron chi connectivity index (χ3n) is 5.93. The zero-order chi connectivity index (χ0) is 25.0. The van der Waals surface area contributed by atoms with Gasteiger partial charge in [0.2, 0.25) is 0 Å². The van der Waals surface area contributed by atoms with Gasteiger partial charge in [-0.05, 0) is 36.4 Å². The van der Waals surface area contributed by atoms with Crippen molar-refractivity contribution in [1.82, 2.24) is 19.2 Å². The molecule has 11 heteroatoms. The number of esters is 1. The topological polar surface area (TPSA) is 105 Å². The summed E-state index contributed by atoms with van der Waals surface area (Å²) < 4.78 is 32.8. The number of hydrogen-bond donors (Lipinski definition) is 1. The number of rotatable bonds is 9. The number of anilines is 1. The van der Waals surface area contributed by atoms with Crippen LogP contribution in [0.2, 0.25) is 0 Å². The largest absolute Gasteiger partial charge is 0.464 e. The molecule has 0 spiro atoms. The number of thiophene rings is 1. The van der Waals surface area contributed by atoms with Crippen LogP contribution in [0.1, 0.15) is 26.6 Å². The summed E-state index contributed by atoms with van der Waals surface area (Å²) in [6.07, 6.45) is 0. The Balaban J connectivity index is 1.51. The van der Waals surface area contributed by atoms with Gasteiger partial charge in [0.1, 0.15) is 21.9 Å². The average molecular weight is 518 g/mol. The SMILES string of the molecule is CCOC(=O)[C@@H](Nc1nc(CN2CCN(S(=O)(=O)c3cccs3)CC2)nc2ccccc12)C(C)C. The van der Waals surface area contributed by atoms with Crippen LogP contribution in [0.15, 0.2) is 46.0 Å². The van der Waals surface area contributed by atoms with Crippen LogP contribution in [0.4, 0.5) is 5.82 Å². The molecule has 1 aliphatic rings. The predicted molar refractivity (Wildman–Crippen MR) is 137 cm³/mol. The number of aromatic nitrogens is 2. The van der Waals surface area contributed by atoms with Gasteiger partial charge in [-0.15, -0.1) is 11.3 Å². The second-order valence-corrected chi connectivity index (χ2v) is 11.8. The summed E-state index contributed by atoms with van der Waals surface area (Å²) in [5.41, 5.74) is 0.783. The molecule has 0 saturated carbocycles. The van der Waals surface area contributed by atoms with Crippen molar-refractivity contribution in [2.24, 2.45) is 5.92 Å². The summed E-state index contributed by atoms with van der Waals surface area (Å²) in [5, 5.41) is 5.90. The maximum atomic E-state index is 12.8. The van der Waals surface area contributed by atoms with Gasteiger partial charge in [-0.1, -0.05) is 32.0 Å². The number of carbonyl (C=O) groups excluding carboxylic acids is 1. The van der Waals surface area contributed by atoms with Gasteiger partial charge < -0.3 is 10.1 Å². The highest BCUT2D eigenvalue weighted by atomic mass is 32.2. The molecule has 1 aromatic carbocycles. The zero-order valence-electron chi connectivity index (χ0n) is 20.2. The molecule has 1 N–H and O–H groups in total. The van der Waals surface area contributed by atoms with Crippen LogP contribution < -0.4 is 5.32 Å². The Morgan fingerprint density at radius 3 is 2.51 bits per heavy atom. The molecular formula is C24H31N5O4S2. The molecule has 0 aliphatic carbocycles. The van der Waals surface area contributed by atoms with Crippen LogP contribution in [-0.4, -0.2) is 72.4 Å². The number of sulfonamides is 1. The van der Waals surface area contributed by atoms with E-state index in [0.29, 0.717) is 55.2 Å². The van der Waals surface area contributed by atoms with Gasteiger partial charge in [-0.25, -0.2) is 23.2 Å². The number of nitrogens with one attached hydrogen (secondary N) is 1. The van der Waals surface area contributed by atoms with E-state index in [2.05, 4.69) is 10.2 Å². The molecule has 0 amide bonds. The van der Waals surface area contributed by atoms with Crippen molar-refractivity contribution in [3.05, 3.63) is 47.6 Å². The summed E-state index contributed by atoms with van der Waals surface area (Å²) in [6.45, 7) is 8.51. The minimum absolute atomic E-state index is 0.00426. The van der Waals surface area contributed by atoms with Crippen molar-refractivity contribution >= 4 is 44.1 Å². The Morgan fingerprint density at radius 2 is 1.86 bits per heavy atom. The summed E-state index contributed by atoms with van der Waals surface area (Å²) in [4.78, 5) is 24.2. The van der Waals surface area contributed by atoms with Gasteiger partial charge in [0, 0.05) is 31.6 Å². The van der Waals surface area contributed by atoms with Gasteiger partial charge in [-0.2, -0.15) is 4.31 Å². The first-order valence-electron chi connectivity index (χ1n) is 11.7. The number of ether oxygens (including phenoxy) is 1. The third-order valence-corrected chi connectivity index (χ3v) is 9.21. The van der Waals surface area contributed by atoms with E-state index >= 15 is 0 Å². The fourth-order valence-corrected chi connectivity index (χ4v) is 6.61. The van der Waals surface area contributed by atoms with E-state index in [1.807, 2.05) is 38.1 Å². The van der Waals surface area contributed by atoms with E-state index in [1.165, 1.54) is 15.6 Å². The monoisotopic (exact) mass is 517 g/mol. The Hall–Kier alpha value is -2.60. The molecule has 1 fully saturated rings. The van der Waals surface area contributed by atoms with E-state index in [4.69, 9.17) is 14.7 Å². The fourth-order valence-electron chi connectivity index (χ4n) is 4.05. The Labute approximate surface area is 210 Å². The number of nitrogens with zero attached hydrogens (tertiary/aromatic N) is 4. The molecule has 188 valence electrons. The zero-order valence-corrected chi connectivity index (χ0v) is 21.8. The van der Waals surface area contributed by atoms with Crippen molar-refractivity contribution in [2.45, 2.75) is 37.6 Å². The molecule has 35 heavy (non-hydrogen) atoms. The lowest BCUT2D eigenvalue weighted by Gasteiger charge is -2.33. The molecule has 1 atom stereocenters. The minimum Gasteiger partial charge on any atom is -0.464 e. The van der Waals surface area contributed by atoms with Crippen LogP contribution >= 0.6 is 11.3 Å². The Bertz CT molecular complexity index is 1260. The van der Waals surface area contributed by atoms with E-state index in [9.17, 15) is 13.2 Å². The smallest absolute Gasteiger partial charge is 0.328 e. The van der Waals surface area contributed by atoms with E-state index in [-0.39, 0.29) is 11.9 Å². The number of fused-ring (bicyclic) bond motifs is 1. The van der Waals surface area contributed by atoms with Gasteiger partial charge in [-0.3, -0.25) is 4.90 Å². The second kappa shape index (κ2) is 11.0. The van der Waals surface area contributed by atoms with Gasteiger partial charge >= 0.3 is 5.97 Å². The number of piperazine rings is 1. The van der Waals surface area contributed by atoms with Crippen molar-refractivity contribution in [2.75, 3.05) is 38.1 Å². The molecule has 0 bridgehead atoms. The third kappa shape index (κ3) is 5.80. The highest BCUT2D eigenvalue weighted by Gasteiger charge is 2.30. The van der Waals surface area contributed by atoms with Crippen LogP contribution in [-0.2, 0) is 26.1 Å². The molecule has 0 radical (unpaired) electrons. The standard InChI is InChI=1S/C24H31N5O4S2/c1-4-33-24(30)22(17(2)3)27-23-18-8-5-6-9-19(18)25-20(26-23)16-28-11-13-29(14-12-28)35(31,32)21-10-7-15-34-21/h5-10,15,17,22H,4,11-14,16H2,1-3H3,(H,25,26,27)/t22-/m0/s1. The van der Waals surface area contributed by atoms with Crippen LogP contribution in [0, 0.1) is 5.92 Å². The minimum atomic E-state index is -3.45. The summed E-state index contributed by atoms with van der Waals surface area (Å²) in [5.74, 6) is 0.905. The highest BCUT2D eigenvalue weighted by molar-refractivity contribution is 7.91. The van der Waals surface area contributed by atoms with Crippen LogP contribution in [0.5, 0.6) is 0 Å². The van der Waals surface area contributed by atoms with E-state index in [0.717, 1.165) is 10.9 Å². The lowest BCUT2D eigenvalue weighted by atomic mass is 10.0. The quantitative estimate of drug-likeness (QED) is 0.432. The fraction of sp³-hybridized carbons (Fsp3) is 0.458. The highest BCUT2D eigenvalue weighted by Crippen LogP contribution is 2.25. The van der Waals surface area contributed by atoms with Crippen molar-refractivity contribution in [3.8, 4) is 0 Å². The van der Waals surface area contributed by atoms with Crippen molar-refractivity contribution in [1.29, 1.82) is 0 Å². The van der Waals surface area contributed by atoms with E-state index < -0.39 is 16.1 Å². The summed E-state index contributed by atoms with van der Waals surface area (Å²) >= 11 is 1.24. The first kappa shape index (κ1) is 25.5. The van der Waals surface area contributed by atoms with Crippen LogP contribution in [0.3, 0.4) is 0 Å². The second-order valence-electron chi connectivity index (χ2n) is 8.74. The molecular weight excluding hydrogens is 486 g/mol. The predicted octanol–water partition coefficient (Wildman–Crippen LogP) is 3.20. The molecule has 3 heterocycles. The Morgan fingerprint density at radius 1 is 1.11 bits per heavy atom. The molecule has 9 nitrogen and oxygen atoms in total. The Kier molecular flexibility index (Phi) is 8.00. The van der Waals surface area contributed by atoms with Crippen molar-refractivity contribution < 1.29 is 17.9 Å². The maximum absolute atomic E-state index is 12.8. The lowest BCUT2D eigenvalue weighted by Crippen LogP contribution is -2.48. The van der Waals surface area contributed by atoms with Crippen LogP contribution in [0.25, 0.3) is 10.9 Å². The van der Waals surface area contributed by atoms with Gasteiger partial charge in [0.05, 0.1) is 18.7 Å². The molecule has 0 unspecified atom stereocenters. The molecule has 1 aliphatic heterocycles. The van der Waals surface area contributed by atoms with Crippen molar-refractivity contribution in [3.63, 3.8) is 0 Å². The van der Waals surface area contributed by atoms with Gasteiger partial charge in [0.25, 0.3) is 10.0 Å². The molecule has 2 aromatic heterocycles. The molecule has 3 aromatic rings. The number of para-hydroxylation sites is 1. The number of hydrogen-bond acceptors (Lipinski definition) is 9. The molecule has 4 rings (SSSR count). The average Bonchev–Trinajstić information content (AvgIpc) is 3.39. The maximum Gasteiger partial charge on any atom is 0.328 e. The first-order valence-corrected chi connectivity index (χ1v) is 14.1. The summed E-state index contributed by atoms with van der Waals surface area (Å²) in [7, 11) is -3.45. The molecule has 1 saturated heterocycles. The van der Waals surface area contributed by atoms with Gasteiger partial charge in [0.15, 0.2) is 0 Å². The summed E-state index contributed by atoms with van der Waals surface area (Å²) in [6, 6.07) is 10.5. The number of carbonyl (C=O) groups is 1. The van der Waals surface area contributed by atoms with E-state index in [1.54, 1.807) is 24.4 Å². The number of benzene rings is 1. The first-order chi connectivity index (χ1) is 16.8. The normalized spacial score (nSPS) is 16.5.